The molecule has 0 aliphatic carbocycles. The first-order chi connectivity index (χ1) is 8.63. The maximum absolute atomic E-state index is 12.8. The van der Waals surface area contributed by atoms with Crippen molar-refractivity contribution < 1.29 is 9.13 Å². The van der Waals surface area contributed by atoms with E-state index < -0.39 is 0 Å². The van der Waals surface area contributed by atoms with E-state index in [1.807, 2.05) is 0 Å². The summed E-state index contributed by atoms with van der Waals surface area (Å²) in [7, 11) is 0. The van der Waals surface area contributed by atoms with Gasteiger partial charge in [-0.2, -0.15) is 0 Å². The second-order valence-electron chi connectivity index (χ2n) is 5.47. The molecule has 0 aromatic heterocycles. The molecule has 1 fully saturated rings. The Morgan fingerprint density at radius 2 is 2.06 bits per heavy atom. The van der Waals surface area contributed by atoms with Gasteiger partial charge in [0.15, 0.2) is 0 Å². The van der Waals surface area contributed by atoms with Gasteiger partial charge in [0.05, 0.1) is 0 Å². The standard InChI is InChI=1S/C15H22FNO/c1-12(2)7-9-17-10-8-15(11-17)18-14-5-3-13(16)4-6-14/h3-6,12,15H,7-11H2,1-2H3/t15-/m1/s1. The van der Waals surface area contributed by atoms with Crippen molar-refractivity contribution in [2.75, 3.05) is 19.6 Å². The fourth-order valence-corrected chi connectivity index (χ4v) is 2.24. The zero-order valence-electron chi connectivity index (χ0n) is 11.2. The molecular weight excluding hydrogens is 229 g/mol. The van der Waals surface area contributed by atoms with E-state index in [1.165, 1.54) is 18.6 Å². The van der Waals surface area contributed by atoms with Crippen LogP contribution in [-0.2, 0) is 0 Å². The third kappa shape index (κ3) is 3.98. The summed E-state index contributed by atoms with van der Waals surface area (Å²) in [5.74, 6) is 1.31. The minimum absolute atomic E-state index is 0.215. The van der Waals surface area contributed by atoms with Crippen LogP contribution in [0.1, 0.15) is 26.7 Å². The van der Waals surface area contributed by atoms with E-state index in [1.54, 1.807) is 12.1 Å². The van der Waals surface area contributed by atoms with Crippen LogP contribution in [-0.4, -0.2) is 30.6 Å². The highest BCUT2D eigenvalue weighted by Gasteiger charge is 2.23. The molecule has 3 heteroatoms. The molecule has 1 aromatic rings. The molecule has 1 aliphatic rings. The van der Waals surface area contributed by atoms with Crippen LogP contribution in [0.2, 0.25) is 0 Å². The highest BCUT2D eigenvalue weighted by molar-refractivity contribution is 5.22. The van der Waals surface area contributed by atoms with Gasteiger partial charge in [-0.1, -0.05) is 13.8 Å². The summed E-state index contributed by atoms with van der Waals surface area (Å²) in [6.07, 6.45) is 2.56. The van der Waals surface area contributed by atoms with E-state index in [0.717, 1.165) is 37.7 Å². The molecule has 0 unspecified atom stereocenters. The van der Waals surface area contributed by atoms with E-state index in [-0.39, 0.29) is 11.9 Å². The molecule has 1 atom stereocenters. The Morgan fingerprint density at radius 3 is 2.72 bits per heavy atom. The van der Waals surface area contributed by atoms with Crippen molar-refractivity contribution in [1.29, 1.82) is 0 Å². The first kappa shape index (κ1) is 13.3. The number of benzene rings is 1. The van der Waals surface area contributed by atoms with E-state index in [2.05, 4.69) is 18.7 Å². The number of hydrogen-bond acceptors (Lipinski definition) is 2. The van der Waals surface area contributed by atoms with Gasteiger partial charge in [0.1, 0.15) is 17.7 Å². The largest absolute Gasteiger partial charge is 0.489 e. The molecule has 18 heavy (non-hydrogen) atoms. The first-order valence-corrected chi connectivity index (χ1v) is 6.78. The average molecular weight is 251 g/mol. The zero-order chi connectivity index (χ0) is 13.0. The van der Waals surface area contributed by atoms with Crippen LogP contribution in [0.3, 0.4) is 0 Å². The third-order valence-corrected chi connectivity index (χ3v) is 3.37. The van der Waals surface area contributed by atoms with Crippen molar-refractivity contribution in [3.05, 3.63) is 30.1 Å². The topological polar surface area (TPSA) is 12.5 Å². The van der Waals surface area contributed by atoms with Crippen molar-refractivity contribution in [2.45, 2.75) is 32.8 Å². The Labute approximate surface area is 109 Å². The molecule has 0 amide bonds. The van der Waals surface area contributed by atoms with E-state index in [9.17, 15) is 4.39 Å². The van der Waals surface area contributed by atoms with Crippen LogP contribution < -0.4 is 4.74 Å². The highest BCUT2D eigenvalue weighted by Crippen LogP contribution is 2.19. The van der Waals surface area contributed by atoms with Crippen molar-refractivity contribution >= 4 is 0 Å². The molecule has 0 spiro atoms. The lowest BCUT2D eigenvalue weighted by Gasteiger charge is -2.17. The monoisotopic (exact) mass is 251 g/mol. The van der Waals surface area contributed by atoms with Crippen LogP contribution in [0.25, 0.3) is 0 Å². The quantitative estimate of drug-likeness (QED) is 0.796. The van der Waals surface area contributed by atoms with Gasteiger partial charge >= 0.3 is 0 Å². The molecule has 1 heterocycles. The molecule has 0 saturated carbocycles. The summed E-state index contributed by atoms with van der Waals surface area (Å²) in [5, 5.41) is 0. The average Bonchev–Trinajstić information content (AvgIpc) is 2.77. The molecule has 1 saturated heterocycles. The number of rotatable bonds is 5. The Balaban J connectivity index is 1.77. The fraction of sp³-hybridized carbons (Fsp3) is 0.600. The SMILES string of the molecule is CC(C)CCN1CC[C@@H](Oc2ccc(F)cc2)C1. The number of nitrogens with zero attached hydrogens (tertiary/aromatic N) is 1. The number of likely N-dealkylation sites (tertiary alicyclic amines) is 1. The van der Waals surface area contributed by atoms with Crippen LogP contribution in [0.4, 0.5) is 4.39 Å². The number of ether oxygens (including phenoxy) is 1. The maximum Gasteiger partial charge on any atom is 0.123 e. The molecule has 2 rings (SSSR count). The summed E-state index contributed by atoms with van der Waals surface area (Å²) in [5.41, 5.74) is 0. The molecule has 0 bridgehead atoms. The lowest BCUT2D eigenvalue weighted by molar-refractivity contribution is 0.197. The lowest BCUT2D eigenvalue weighted by Crippen LogP contribution is -2.26. The van der Waals surface area contributed by atoms with Gasteiger partial charge in [0, 0.05) is 13.1 Å². The van der Waals surface area contributed by atoms with Gasteiger partial charge in [-0.05, 0) is 49.6 Å². The van der Waals surface area contributed by atoms with Crippen molar-refractivity contribution in [2.24, 2.45) is 5.92 Å². The summed E-state index contributed by atoms with van der Waals surface area (Å²) in [6, 6.07) is 6.29. The Kier molecular flexibility index (Phi) is 4.59. The fourth-order valence-electron chi connectivity index (χ4n) is 2.24. The maximum atomic E-state index is 12.8. The normalized spacial score (nSPS) is 20.6. The van der Waals surface area contributed by atoms with Gasteiger partial charge in [-0.15, -0.1) is 0 Å². The molecule has 1 aromatic carbocycles. The van der Waals surface area contributed by atoms with Crippen molar-refractivity contribution in [3.8, 4) is 5.75 Å². The summed E-state index contributed by atoms with van der Waals surface area (Å²) < 4.78 is 18.6. The summed E-state index contributed by atoms with van der Waals surface area (Å²) in [4.78, 5) is 2.45. The second kappa shape index (κ2) is 6.19. The van der Waals surface area contributed by atoms with Crippen LogP contribution >= 0.6 is 0 Å². The Bertz CT molecular complexity index is 363. The summed E-state index contributed by atoms with van der Waals surface area (Å²) in [6.45, 7) is 7.76. The van der Waals surface area contributed by atoms with E-state index in [0.29, 0.717) is 0 Å². The van der Waals surface area contributed by atoms with E-state index >= 15 is 0 Å². The molecule has 1 aliphatic heterocycles. The molecule has 0 N–H and O–H groups in total. The van der Waals surface area contributed by atoms with Crippen LogP contribution in [0.15, 0.2) is 24.3 Å². The highest BCUT2D eigenvalue weighted by atomic mass is 19.1. The Hall–Kier alpha value is -1.09. The smallest absolute Gasteiger partial charge is 0.123 e. The van der Waals surface area contributed by atoms with Crippen LogP contribution in [0, 0.1) is 11.7 Å². The predicted octanol–water partition coefficient (Wildman–Crippen LogP) is 3.32. The van der Waals surface area contributed by atoms with Gasteiger partial charge in [0.25, 0.3) is 0 Å². The van der Waals surface area contributed by atoms with E-state index in [4.69, 9.17) is 4.74 Å². The molecule has 100 valence electrons. The van der Waals surface area contributed by atoms with Gasteiger partial charge in [0.2, 0.25) is 0 Å². The minimum atomic E-state index is -0.215. The molecule has 2 nitrogen and oxygen atoms in total. The Morgan fingerprint density at radius 1 is 1.33 bits per heavy atom. The lowest BCUT2D eigenvalue weighted by atomic mass is 10.1. The zero-order valence-corrected chi connectivity index (χ0v) is 11.2. The van der Waals surface area contributed by atoms with Crippen LogP contribution in [0.5, 0.6) is 5.75 Å². The molecule has 0 radical (unpaired) electrons. The van der Waals surface area contributed by atoms with Gasteiger partial charge < -0.3 is 4.74 Å². The summed E-state index contributed by atoms with van der Waals surface area (Å²) >= 11 is 0. The van der Waals surface area contributed by atoms with Crippen molar-refractivity contribution in [1.82, 2.24) is 4.90 Å². The van der Waals surface area contributed by atoms with Gasteiger partial charge in [-0.3, -0.25) is 4.90 Å². The second-order valence-corrected chi connectivity index (χ2v) is 5.47. The number of hydrogen-bond donors (Lipinski definition) is 0. The molecular formula is C15H22FNO. The number of halogens is 1. The predicted molar refractivity (Wildman–Crippen MR) is 71.3 cm³/mol. The third-order valence-electron chi connectivity index (χ3n) is 3.37. The van der Waals surface area contributed by atoms with Crippen molar-refractivity contribution in [3.63, 3.8) is 0 Å². The minimum Gasteiger partial charge on any atom is -0.489 e. The van der Waals surface area contributed by atoms with Gasteiger partial charge in [-0.25, -0.2) is 4.39 Å². The first-order valence-electron chi connectivity index (χ1n) is 6.78.